The lowest BCUT2D eigenvalue weighted by atomic mass is 9.95. The first kappa shape index (κ1) is 22.9. The average Bonchev–Trinajstić information content (AvgIpc) is 2.56. The van der Waals surface area contributed by atoms with Gasteiger partial charge in [0.25, 0.3) is 0 Å². The van der Waals surface area contributed by atoms with E-state index in [0.29, 0.717) is 12.1 Å². The predicted octanol–water partition coefficient (Wildman–Crippen LogP) is 4.18. The van der Waals surface area contributed by atoms with E-state index in [0.717, 1.165) is 12.0 Å². The number of hydrogen-bond donors (Lipinski definition) is 0. The van der Waals surface area contributed by atoms with Crippen LogP contribution < -0.4 is 0 Å². The average molecular weight is 328 g/mol. The molecule has 140 valence electrons. The number of likely N-dealkylation sites (tertiary alicyclic amines) is 1. The van der Waals surface area contributed by atoms with Crippen molar-refractivity contribution in [2.45, 2.75) is 86.4 Å². The Morgan fingerprint density at radius 3 is 1.87 bits per heavy atom. The number of rotatable bonds is 3. The lowest BCUT2D eigenvalue weighted by Crippen LogP contribution is -2.59. The van der Waals surface area contributed by atoms with Gasteiger partial charge in [0, 0.05) is 37.8 Å². The summed E-state index contributed by atoms with van der Waals surface area (Å²) in [6.45, 7) is 23.9. The Kier molecular flexibility index (Phi) is 12.2. The molecule has 0 aromatic rings. The van der Waals surface area contributed by atoms with Crippen LogP contribution in [-0.4, -0.2) is 72.6 Å². The molecule has 3 heteroatoms. The van der Waals surface area contributed by atoms with Crippen LogP contribution in [0.3, 0.4) is 0 Å². The summed E-state index contributed by atoms with van der Waals surface area (Å²) in [6, 6.07) is 2.11. The summed E-state index contributed by atoms with van der Waals surface area (Å²) >= 11 is 0. The Morgan fingerprint density at radius 1 is 0.870 bits per heavy atom. The summed E-state index contributed by atoms with van der Waals surface area (Å²) in [6.07, 6.45) is 2.78. The number of piperazine rings is 1. The molecule has 0 N–H and O–H groups in total. The van der Waals surface area contributed by atoms with E-state index in [9.17, 15) is 0 Å². The first-order valence-corrected chi connectivity index (χ1v) is 10.2. The van der Waals surface area contributed by atoms with Gasteiger partial charge in [-0.15, -0.1) is 0 Å². The van der Waals surface area contributed by atoms with Crippen LogP contribution in [0.4, 0.5) is 0 Å². The van der Waals surface area contributed by atoms with Crippen LogP contribution in [-0.2, 0) is 0 Å². The molecular formula is C20H45N3. The van der Waals surface area contributed by atoms with Gasteiger partial charge < -0.3 is 4.90 Å². The molecule has 3 nitrogen and oxygen atoms in total. The second-order valence-electron chi connectivity index (χ2n) is 7.19. The van der Waals surface area contributed by atoms with Crippen molar-refractivity contribution in [3.63, 3.8) is 0 Å². The molecule has 2 saturated heterocycles. The molecule has 0 amide bonds. The van der Waals surface area contributed by atoms with E-state index in [1.165, 1.54) is 45.6 Å². The summed E-state index contributed by atoms with van der Waals surface area (Å²) in [5, 5.41) is 0. The van der Waals surface area contributed by atoms with E-state index in [-0.39, 0.29) is 0 Å². The molecule has 0 aliphatic carbocycles. The van der Waals surface area contributed by atoms with E-state index in [1.54, 1.807) is 0 Å². The minimum absolute atomic E-state index is 0.683. The normalized spacial score (nSPS) is 27.9. The summed E-state index contributed by atoms with van der Waals surface area (Å²) < 4.78 is 0. The molecule has 0 radical (unpaired) electrons. The number of hydrogen-bond acceptors (Lipinski definition) is 3. The minimum atomic E-state index is 0.683. The fraction of sp³-hybridized carbons (Fsp3) is 1.00. The lowest BCUT2D eigenvalue weighted by molar-refractivity contribution is 0.0103. The standard InChI is InChI=1S/C16H33N3.2C2H6/c1-13(2)19-11-14(3)18(10-15(19)4)12-16-6-8-17(5)9-7-16;2*1-2/h13-16H,6-12H2,1-5H3;2*1-2H3. The topological polar surface area (TPSA) is 9.72 Å². The van der Waals surface area contributed by atoms with Crippen molar-refractivity contribution in [2.75, 3.05) is 39.8 Å². The van der Waals surface area contributed by atoms with Crippen molar-refractivity contribution in [3.05, 3.63) is 0 Å². The highest BCUT2D eigenvalue weighted by molar-refractivity contribution is 4.87. The van der Waals surface area contributed by atoms with Gasteiger partial charge in [0.1, 0.15) is 0 Å². The smallest absolute Gasteiger partial charge is 0.0198 e. The van der Waals surface area contributed by atoms with Crippen LogP contribution in [0.15, 0.2) is 0 Å². The van der Waals surface area contributed by atoms with Gasteiger partial charge >= 0.3 is 0 Å². The lowest BCUT2D eigenvalue weighted by Gasteiger charge is -2.47. The van der Waals surface area contributed by atoms with E-state index in [1.807, 2.05) is 27.7 Å². The summed E-state index contributed by atoms with van der Waals surface area (Å²) in [7, 11) is 2.25. The number of nitrogens with zero attached hydrogens (tertiary/aromatic N) is 3. The SMILES string of the molecule is CC.CC.CC1CN(C(C)C)C(C)CN1CC1CCN(C)CC1. The first-order valence-electron chi connectivity index (χ1n) is 10.2. The van der Waals surface area contributed by atoms with Gasteiger partial charge in [-0.25, -0.2) is 0 Å². The molecule has 2 aliphatic heterocycles. The summed E-state index contributed by atoms with van der Waals surface area (Å²) in [5.74, 6) is 0.927. The zero-order chi connectivity index (χ0) is 18.0. The Morgan fingerprint density at radius 2 is 1.39 bits per heavy atom. The van der Waals surface area contributed by atoms with Gasteiger partial charge in [-0.1, -0.05) is 27.7 Å². The van der Waals surface area contributed by atoms with E-state index in [2.05, 4.69) is 49.4 Å². The minimum Gasteiger partial charge on any atom is -0.306 e. The molecule has 0 aromatic heterocycles. The quantitative estimate of drug-likeness (QED) is 0.770. The van der Waals surface area contributed by atoms with Crippen LogP contribution in [0.1, 0.15) is 68.2 Å². The van der Waals surface area contributed by atoms with Crippen LogP contribution in [0.5, 0.6) is 0 Å². The van der Waals surface area contributed by atoms with Crippen LogP contribution >= 0.6 is 0 Å². The van der Waals surface area contributed by atoms with Crippen molar-refractivity contribution >= 4 is 0 Å². The van der Waals surface area contributed by atoms with Crippen LogP contribution in [0, 0.1) is 5.92 Å². The van der Waals surface area contributed by atoms with Crippen LogP contribution in [0.2, 0.25) is 0 Å². The third kappa shape index (κ3) is 7.53. The zero-order valence-electron chi connectivity index (χ0n) is 17.6. The maximum Gasteiger partial charge on any atom is 0.0198 e. The second kappa shape index (κ2) is 12.3. The molecule has 2 unspecified atom stereocenters. The van der Waals surface area contributed by atoms with Gasteiger partial charge in [-0.2, -0.15) is 0 Å². The van der Waals surface area contributed by atoms with Gasteiger partial charge in [0.05, 0.1) is 0 Å². The van der Waals surface area contributed by atoms with E-state index < -0.39 is 0 Å². The molecule has 2 fully saturated rings. The Balaban J connectivity index is 0.00000112. The zero-order valence-corrected chi connectivity index (χ0v) is 17.6. The first-order chi connectivity index (χ1) is 11.0. The Hall–Kier alpha value is -0.120. The van der Waals surface area contributed by atoms with Gasteiger partial charge in [-0.3, -0.25) is 9.80 Å². The fourth-order valence-electron chi connectivity index (χ4n) is 3.78. The molecule has 2 aliphatic rings. The van der Waals surface area contributed by atoms with Crippen molar-refractivity contribution in [3.8, 4) is 0 Å². The number of piperidine rings is 1. The molecule has 2 heterocycles. The van der Waals surface area contributed by atoms with Gasteiger partial charge in [0.2, 0.25) is 0 Å². The molecular weight excluding hydrogens is 282 g/mol. The molecule has 2 rings (SSSR count). The molecule has 2 atom stereocenters. The maximum absolute atomic E-state index is 2.75. The van der Waals surface area contributed by atoms with Crippen molar-refractivity contribution in [2.24, 2.45) is 5.92 Å². The molecule has 23 heavy (non-hydrogen) atoms. The summed E-state index contributed by atoms with van der Waals surface area (Å²) in [4.78, 5) is 7.88. The monoisotopic (exact) mass is 327 g/mol. The largest absolute Gasteiger partial charge is 0.306 e. The Bertz CT molecular complexity index is 272. The highest BCUT2D eigenvalue weighted by Crippen LogP contribution is 2.23. The summed E-state index contributed by atoms with van der Waals surface area (Å²) in [5.41, 5.74) is 0. The highest BCUT2D eigenvalue weighted by atomic mass is 15.3. The molecule has 0 spiro atoms. The Labute approximate surface area is 147 Å². The maximum atomic E-state index is 2.75. The van der Waals surface area contributed by atoms with Crippen molar-refractivity contribution in [1.82, 2.24) is 14.7 Å². The fourth-order valence-corrected chi connectivity index (χ4v) is 3.78. The second-order valence-corrected chi connectivity index (χ2v) is 7.19. The highest BCUT2D eigenvalue weighted by Gasteiger charge is 2.31. The van der Waals surface area contributed by atoms with Gasteiger partial charge in [0.15, 0.2) is 0 Å². The van der Waals surface area contributed by atoms with Crippen molar-refractivity contribution < 1.29 is 0 Å². The third-order valence-corrected chi connectivity index (χ3v) is 5.16. The predicted molar refractivity (Wildman–Crippen MR) is 105 cm³/mol. The molecule has 0 aromatic carbocycles. The third-order valence-electron chi connectivity index (χ3n) is 5.16. The van der Waals surface area contributed by atoms with Gasteiger partial charge in [-0.05, 0) is 66.6 Å². The van der Waals surface area contributed by atoms with E-state index in [4.69, 9.17) is 0 Å². The molecule has 0 bridgehead atoms. The van der Waals surface area contributed by atoms with E-state index >= 15 is 0 Å². The molecule has 0 saturated carbocycles. The van der Waals surface area contributed by atoms with Crippen LogP contribution in [0.25, 0.3) is 0 Å². The van der Waals surface area contributed by atoms with Crippen molar-refractivity contribution in [1.29, 1.82) is 0 Å².